The Hall–Kier alpha value is -0.484. The van der Waals surface area contributed by atoms with Gasteiger partial charge in [0.2, 0.25) is 0 Å². The second-order valence-corrected chi connectivity index (χ2v) is 11.0. The van der Waals surface area contributed by atoms with Crippen LogP contribution in [0.15, 0.2) is 24.3 Å². The average molecular weight is 309 g/mol. The molecule has 0 saturated carbocycles. The van der Waals surface area contributed by atoms with E-state index in [-0.39, 0.29) is 0 Å². The summed E-state index contributed by atoms with van der Waals surface area (Å²) >= 11 is 0.542. The number of benzene rings is 1. The minimum atomic E-state index is -1.29. The molecule has 92 valence electrons. The number of hydrogen-bond acceptors (Lipinski definition) is 0. The zero-order valence-corrected chi connectivity index (χ0v) is 14.1. The van der Waals surface area contributed by atoms with Gasteiger partial charge in [0.15, 0.2) is 0 Å². The Morgan fingerprint density at radius 2 is 1.65 bits per heavy atom. The minimum absolute atomic E-state index is 0.542. The van der Waals surface area contributed by atoms with E-state index in [9.17, 15) is 0 Å². The first kappa shape index (κ1) is 14.6. The molecule has 1 aromatic carbocycles. The van der Waals surface area contributed by atoms with E-state index >= 15 is 0 Å². The maximum atomic E-state index is 3.67. The zero-order chi connectivity index (χ0) is 12.7. The van der Waals surface area contributed by atoms with Crippen LogP contribution in [0.4, 0.5) is 0 Å². The number of hydrogen-bond donors (Lipinski definition) is 0. The third-order valence-corrected chi connectivity index (χ3v) is 9.99. The molecule has 0 fully saturated rings. The van der Waals surface area contributed by atoms with Gasteiger partial charge in [-0.3, -0.25) is 0 Å². The van der Waals surface area contributed by atoms with Crippen LogP contribution in [-0.2, 0) is 0 Å². The summed E-state index contributed by atoms with van der Waals surface area (Å²) in [6.07, 6.45) is 0. The third kappa shape index (κ3) is 3.74. The molecule has 0 N–H and O–H groups in total. The number of rotatable bonds is 4. The van der Waals surface area contributed by atoms with Crippen molar-refractivity contribution in [2.75, 3.05) is 0 Å². The van der Waals surface area contributed by atoms with E-state index in [1.807, 2.05) is 0 Å². The van der Waals surface area contributed by atoms with E-state index in [2.05, 4.69) is 62.3 Å². The molecule has 0 atom stereocenters. The molecule has 0 saturated heterocycles. The van der Waals surface area contributed by atoms with Gasteiger partial charge in [0, 0.05) is 0 Å². The molecule has 0 aromatic heterocycles. The van der Waals surface area contributed by atoms with Crippen LogP contribution >= 0.6 is 0 Å². The summed E-state index contributed by atoms with van der Waals surface area (Å²) < 4.78 is 1.44. The molecule has 0 aliphatic rings. The third-order valence-electron chi connectivity index (χ3n) is 3.60. The van der Waals surface area contributed by atoms with Gasteiger partial charge in [0.25, 0.3) is 0 Å². The van der Waals surface area contributed by atoms with Crippen molar-refractivity contribution in [2.24, 2.45) is 0 Å². The summed E-state index contributed by atoms with van der Waals surface area (Å²) in [5, 5.41) is 0. The Kier molecular flexibility index (Phi) is 6.06. The SMILES string of the molecule is CC[Si](C#Cc1ccccc1[Se]C)(CC)CC. The molecule has 0 nitrogen and oxygen atoms in total. The topological polar surface area (TPSA) is 0 Å². The summed E-state index contributed by atoms with van der Waals surface area (Å²) in [4.78, 5) is 0. The van der Waals surface area contributed by atoms with Gasteiger partial charge in [-0.2, -0.15) is 0 Å². The predicted octanol–water partition coefficient (Wildman–Crippen LogP) is 3.46. The van der Waals surface area contributed by atoms with E-state index in [0.717, 1.165) is 0 Å². The first-order valence-corrected chi connectivity index (χ1v) is 11.6. The molecule has 0 aliphatic heterocycles. The van der Waals surface area contributed by atoms with Gasteiger partial charge in [0.1, 0.15) is 0 Å². The summed E-state index contributed by atoms with van der Waals surface area (Å²) in [7, 11) is -1.29. The molecule has 0 bridgehead atoms. The van der Waals surface area contributed by atoms with Gasteiger partial charge < -0.3 is 0 Å². The molecule has 1 rings (SSSR count). The van der Waals surface area contributed by atoms with Crippen molar-refractivity contribution in [1.29, 1.82) is 0 Å². The van der Waals surface area contributed by atoms with Crippen LogP contribution in [0.5, 0.6) is 0 Å². The molecule has 0 amide bonds. The van der Waals surface area contributed by atoms with E-state index in [4.69, 9.17) is 0 Å². The molecule has 0 spiro atoms. The summed E-state index contributed by atoms with van der Waals surface area (Å²) in [5.41, 5.74) is 4.94. The summed E-state index contributed by atoms with van der Waals surface area (Å²) in [5.74, 6) is 5.75. The van der Waals surface area contributed by atoms with E-state index in [1.165, 1.54) is 28.2 Å². The van der Waals surface area contributed by atoms with E-state index < -0.39 is 8.07 Å². The summed E-state index contributed by atoms with van der Waals surface area (Å²) in [6, 6.07) is 12.5. The molecular formula is C15H22SeSi. The predicted molar refractivity (Wildman–Crippen MR) is 81.8 cm³/mol. The van der Waals surface area contributed by atoms with Crippen LogP contribution in [0, 0.1) is 11.5 Å². The Morgan fingerprint density at radius 1 is 1.06 bits per heavy atom. The quantitative estimate of drug-likeness (QED) is 0.590. The fraction of sp³-hybridized carbons (Fsp3) is 0.467. The Balaban J connectivity index is 3.04. The zero-order valence-electron chi connectivity index (χ0n) is 11.3. The van der Waals surface area contributed by atoms with E-state index in [1.54, 1.807) is 0 Å². The Bertz CT molecular complexity index is 402. The first-order chi connectivity index (χ1) is 8.21. The second kappa shape index (κ2) is 7.06. The van der Waals surface area contributed by atoms with Gasteiger partial charge in [0.05, 0.1) is 0 Å². The first-order valence-electron chi connectivity index (χ1n) is 6.37. The van der Waals surface area contributed by atoms with Crippen molar-refractivity contribution in [1.82, 2.24) is 0 Å². The van der Waals surface area contributed by atoms with Gasteiger partial charge in [-0.05, 0) is 0 Å². The van der Waals surface area contributed by atoms with Crippen LogP contribution in [0.3, 0.4) is 0 Å². The van der Waals surface area contributed by atoms with Crippen LogP contribution in [0.25, 0.3) is 0 Å². The fourth-order valence-electron chi connectivity index (χ4n) is 1.96. The molecule has 17 heavy (non-hydrogen) atoms. The maximum absolute atomic E-state index is 3.67. The average Bonchev–Trinajstić information content (AvgIpc) is 2.41. The second-order valence-electron chi connectivity index (χ2n) is 4.29. The monoisotopic (exact) mass is 310 g/mol. The van der Waals surface area contributed by atoms with Crippen molar-refractivity contribution in [3.63, 3.8) is 0 Å². The van der Waals surface area contributed by atoms with Gasteiger partial charge >= 0.3 is 114 Å². The fourth-order valence-corrected chi connectivity index (χ4v) is 5.55. The molecule has 0 aliphatic carbocycles. The van der Waals surface area contributed by atoms with Crippen molar-refractivity contribution in [3.05, 3.63) is 29.8 Å². The van der Waals surface area contributed by atoms with Crippen molar-refractivity contribution < 1.29 is 0 Å². The van der Waals surface area contributed by atoms with Gasteiger partial charge in [-0.25, -0.2) is 0 Å². The normalized spacial score (nSPS) is 10.8. The standard InChI is InChI=1S/C15H22SeSi/c1-5-17(6-2,7-3)13-12-14-10-8-9-11-15(14)16-4/h8-11H,5-7H2,1-4H3. The van der Waals surface area contributed by atoms with Gasteiger partial charge in [-0.1, -0.05) is 0 Å². The van der Waals surface area contributed by atoms with Crippen LogP contribution in [-0.4, -0.2) is 23.0 Å². The van der Waals surface area contributed by atoms with Crippen molar-refractivity contribution in [2.45, 2.75) is 44.7 Å². The van der Waals surface area contributed by atoms with Crippen LogP contribution < -0.4 is 4.46 Å². The van der Waals surface area contributed by atoms with Crippen LogP contribution in [0.1, 0.15) is 26.3 Å². The van der Waals surface area contributed by atoms with E-state index in [0.29, 0.717) is 15.0 Å². The molecule has 2 heteroatoms. The molecule has 1 aromatic rings. The Labute approximate surface area is 113 Å². The molecule has 0 radical (unpaired) electrons. The molecule has 0 heterocycles. The molecule has 0 unspecified atom stereocenters. The summed E-state index contributed by atoms with van der Waals surface area (Å²) in [6.45, 7) is 6.93. The molecular weight excluding hydrogens is 287 g/mol. The van der Waals surface area contributed by atoms with Crippen molar-refractivity contribution >= 4 is 27.5 Å². The van der Waals surface area contributed by atoms with Crippen molar-refractivity contribution in [3.8, 4) is 11.5 Å². The Morgan fingerprint density at radius 3 is 2.18 bits per heavy atom. The van der Waals surface area contributed by atoms with Crippen LogP contribution in [0.2, 0.25) is 24.0 Å². The van der Waals surface area contributed by atoms with Gasteiger partial charge in [-0.15, -0.1) is 0 Å².